The third kappa shape index (κ3) is 9.09. The van der Waals surface area contributed by atoms with Crippen LogP contribution in [0.15, 0.2) is 48.5 Å². The Labute approximate surface area is 271 Å². The summed E-state index contributed by atoms with van der Waals surface area (Å²) in [5.41, 5.74) is 1.31. The molecule has 0 radical (unpaired) electrons. The van der Waals surface area contributed by atoms with Crippen LogP contribution in [0.1, 0.15) is 106 Å². The summed E-state index contributed by atoms with van der Waals surface area (Å²) in [5, 5.41) is 44.7. The van der Waals surface area contributed by atoms with Crippen LogP contribution in [0.5, 0.6) is 5.75 Å². The highest BCUT2D eigenvalue weighted by molar-refractivity contribution is 5.36. The van der Waals surface area contributed by atoms with E-state index in [2.05, 4.69) is 17.4 Å². The second kappa shape index (κ2) is 16.7. The summed E-state index contributed by atoms with van der Waals surface area (Å²) in [5.74, 6) is 1.01. The number of piperidine rings is 3. The fraction of sp³-hybridized carbons (Fsp3) is 0.684. The fourth-order valence-electron chi connectivity index (χ4n) is 8.40. The van der Waals surface area contributed by atoms with E-state index in [9.17, 15) is 20.4 Å². The number of benzene rings is 2. The first-order valence-electron chi connectivity index (χ1n) is 18.0. The van der Waals surface area contributed by atoms with Crippen LogP contribution in [0.2, 0.25) is 0 Å². The maximum Gasteiger partial charge on any atom is 0.121 e. The van der Waals surface area contributed by atoms with Crippen LogP contribution in [0.4, 0.5) is 0 Å². The Morgan fingerprint density at radius 3 is 2.29 bits per heavy atom. The van der Waals surface area contributed by atoms with Gasteiger partial charge in [-0.15, -0.1) is 0 Å². The summed E-state index contributed by atoms with van der Waals surface area (Å²) in [4.78, 5) is 0. The summed E-state index contributed by atoms with van der Waals surface area (Å²) < 4.78 is 7.94. The lowest BCUT2D eigenvalue weighted by Gasteiger charge is -2.53. The molecule has 1 saturated carbocycles. The zero-order valence-electron chi connectivity index (χ0n) is 27.4. The van der Waals surface area contributed by atoms with Crippen LogP contribution >= 0.6 is 0 Å². The lowest BCUT2D eigenvalue weighted by atomic mass is 9.80. The van der Waals surface area contributed by atoms with Crippen molar-refractivity contribution in [2.24, 2.45) is 11.8 Å². The Morgan fingerprint density at radius 1 is 0.889 bits per heavy atom. The number of hydrogen-bond acceptors (Lipinski definition) is 6. The van der Waals surface area contributed by atoms with Gasteiger partial charge in [0.25, 0.3) is 0 Å². The van der Waals surface area contributed by atoms with E-state index in [1.165, 1.54) is 94.4 Å². The molecule has 45 heavy (non-hydrogen) atoms. The molecule has 7 heteroatoms. The average molecular weight is 624 g/mol. The minimum absolute atomic E-state index is 0.0586. The van der Waals surface area contributed by atoms with Gasteiger partial charge in [-0.05, 0) is 67.8 Å². The Kier molecular flexibility index (Phi) is 12.8. The molecule has 5 N–H and O–H groups in total. The van der Waals surface area contributed by atoms with E-state index in [1.807, 2.05) is 18.2 Å². The number of phenols is 1. The van der Waals surface area contributed by atoms with Crippen LogP contribution in [0, 0.1) is 11.8 Å². The Hall–Kier alpha value is -2.00. The molecule has 2 bridgehead atoms. The van der Waals surface area contributed by atoms with E-state index in [1.54, 1.807) is 12.1 Å². The lowest BCUT2D eigenvalue weighted by Crippen LogP contribution is -2.64. The predicted octanol–water partition coefficient (Wildman–Crippen LogP) is 5.94. The number of nitrogens with one attached hydrogen (secondary N) is 1. The van der Waals surface area contributed by atoms with Crippen LogP contribution in [-0.4, -0.2) is 76.9 Å². The van der Waals surface area contributed by atoms with E-state index >= 15 is 0 Å². The summed E-state index contributed by atoms with van der Waals surface area (Å²) in [6.07, 6.45) is 15.5. The van der Waals surface area contributed by atoms with Gasteiger partial charge in [0.1, 0.15) is 24.0 Å². The highest BCUT2D eigenvalue weighted by Gasteiger charge is 2.48. The third-order valence-corrected chi connectivity index (χ3v) is 11.3. The van der Waals surface area contributed by atoms with Gasteiger partial charge in [0.15, 0.2) is 0 Å². The molecule has 2 aromatic rings. The number of aromatic hydroxyl groups is 1. The van der Waals surface area contributed by atoms with Crippen molar-refractivity contribution in [1.29, 1.82) is 0 Å². The minimum Gasteiger partial charge on any atom is -0.508 e. The van der Waals surface area contributed by atoms with Crippen LogP contribution in [-0.2, 0) is 16.9 Å². The van der Waals surface area contributed by atoms with Gasteiger partial charge in [-0.2, -0.15) is 0 Å². The quantitative estimate of drug-likeness (QED) is 0.0981. The number of quaternary nitrogens is 1. The smallest absolute Gasteiger partial charge is 0.121 e. The monoisotopic (exact) mass is 623 g/mol. The summed E-state index contributed by atoms with van der Waals surface area (Å²) in [7, 11) is 0. The zero-order valence-corrected chi connectivity index (χ0v) is 27.4. The first-order chi connectivity index (χ1) is 21.9. The fourth-order valence-corrected chi connectivity index (χ4v) is 8.40. The molecule has 3 atom stereocenters. The number of aliphatic hydroxyl groups excluding tert-OH is 2. The molecule has 250 valence electrons. The van der Waals surface area contributed by atoms with Crippen LogP contribution < -0.4 is 5.32 Å². The molecular formula is C38H59N2O5+. The topological polar surface area (TPSA) is 102 Å². The SMILES string of the molecule is OCc1cc([C@@H](O)CNCCCCCCCCC[N+]23CCC(CC2)[C@@H](OCC(O)(c2ccccc2)C2CCCC2)C3)ccc1O. The summed E-state index contributed by atoms with van der Waals surface area (Å²) in [6.45, 7) is 6.54. The van der Waals surface area contributed by atoms with Gasteiger partial charge in [-0.25, -0.2) is 0 Å². The van der Waals surface area contributed by atoms with Gasteiger partial charge < -0.3 is 35.0 Å². The van der Waals surface area contributed by atoms with Crippen molar-refractivity contribution in [3.8, 4) is 5.75 Å². The van der Waals surface area contributed by atoms with Gasteiger partial charge in [0.2, 0.25) is 0 Å². The van der Waals surface area contributed by atoms with Crippen molar-refractivity contribution in [3.05, 3.63) is 65.2 Å². The molecule has 1 aliphatic carbocycles. The third-order valence-electron chi connectivity index (χ3n) is 11.3. The first-order valence-corrected chi connectivity index (χ1v) is 18.0. The molecule has 0 aromatic heterocycles. The van der Waals surface area contributed by atoms with Gasteiger partial charge in [-0.1, -0.05) is 74.9 Å². The van der Waals surface area contributed by atoms with Gasteiger partial charge in [-0.3, -0.25) is 0 Å². The van der Waals surface area contributed by atoms with Crippen molar-refractivity contribution in [3.63, 3.8) is 0 Å². The van der Waals surface area contributed by atoms with Crippen molar-refractivity contribution in [2.45, 2.75) is 108 Å². The molecule has 0 spiro atoms. The highest BCUT2D eigenvalue weighted by Crippen LogP contribution is 2.42. The van der Waals surface area contributed by atoms with E-state index < -0.39 is 11.7 Å². The van der Waals surface area contributed by atoms with Crippen molar-refractivity contribution in [2.75, 3.05) is 45.9 Å². The number of aliphatic hydroxyl groups is 3. The minimum atomic E-state index is -0.870. The molecule has 6 rings (SSSR count). The number of rotatable bonds is 19. The molecule has 3 saturated heterocycles. The highest BCUT2D eigenvalue weighted by atomic mass is 16.5. The second-order valence-corrected chi connectivity index (χ2v) is 14.4. The zero-order chi connectivity index (χ0) is 31.5. The Bertz CT molecular complexity index is 1150. The molecule has 4 aliphatic rings. The predicted molar refractivity (Wildman–Crippen MR) is 179 cm³/mol. The van der Waals surface area contributed by atoms with Crippen molar-refractivity contribution in [1.82, 2.24) is 5.32 Å². The second-order valence-electron chi connectivity index (χ2n) is 14.4. The largest absolute Gasteiger partial charge is 0.508 e. The first kappa shape index (κ1) is 34.3. The Morgan fingerprint density at radius 2 is 1.58 bits per heavy atom. The maximum absolute atomic E-state index is 12.0. The summed E-state index contributed by atoms with van der Waals surface area (Å²) in [6, 6.07) is 15.2. The molecule has 3 heterocycles. The standard InChI is InChI=1S/C38H58N2O5/c41-28-32-25-31(17-18-35(32)42)36(43)26-39-21-11-4-2-1-3-5-12-22-40-23-19-30(20-24-40)37(27-40)45-29-38(44,34-15-9-10-16-34)33-13-7-6-8-14-33/h6-8,13-14,17-18,25,30,34,36-37,39,41,43-44H,1-5,9-12,15-16,19-24,26-29H2/p+1/t30?,36-,37-,38?,40?/m0/s1. The van der Waals surface area contributed by atoms with Crippen molar-refractivity contribution >= 4 is 0 Å². The molecule has 0 amide bonds. The lowest BCUT2D eigenvalue weighted by molar-refractivity contribution is -0.946. The van der Waals surface area contributed by atoms with Gasteiger partial charge >= 0.3 is 0 Å². The van der Waals surface area contributed by atoms with Gasteiger partial charge in [0.05, 0.1) is 39.0 Å². The average Bonchev–Trinajstić information content (AvgIpc) is 3.63. The number of ether oxygens (including phenoxy) is 1. The molecule has 4 fully saturated rings. The Balaban J connectivity index is 0.947. The molecule has 1 unspecified atom stereocenters. The molecule has 3 aliphatic heterocycles. The van der Waals surface area contributed by atoms with Crippen molar-refractivity contribution < 1.29 is 29.6 Å². The van der Waals surface area contributed by atoms with E-state index in [0.717, 1.165) is 37.9 Å². The number of fused-ring (bicyclic) bond motifs is 3. The number of hydrogen-bond donors (Lipinski definition) is 5. The van der Waals surface area contributed by atoms with Gasteiger partial charge in [0, 0.05) is 30.9 Å². The van der Waals surface area contributed by atoms with E-state index in [4.69, 9.17) is 4.74 Å². The van der Waals surface area contributed by atoms with Crippen LogP contribution in [0.3, 0.4) is 0 Å². The number of unbranched alkanes of at least 4 members (excludes halogenated alkanes) is 6. The normalized spacial score (nSPS) is 25.4. The molecule has 7 nitrogen and oxygen atoms in total. The van der Waals surface area contributed by atoms with E-state index in [-0.39, 0.29) is 18.5 Å². The molecule has 2 aromatic carbocycles. The van der Waals surface area contributed by atoms with Crippen LogP contribution in [0.25, 0.3) is 0 Å². The summed E-state index contributed by atoms with van der Waals surface area (Å²) >= 11 is 0. The maximum atomic E-state index is 12.0. The molecular weight excluding hydrogens is 564 g/mol. The number of nitrogens with zero attached hydrogens (tertiary/aromatic N) is 1. The van der Waals surface area contributed by atoms with E-state index in [0.29, 0.717) is 36.1 Å².